The van der Waals surface area contributed by atoms with Crippen molar-refractivity contribution in [1.29, 1.82) is 0 Å². The lowest BCUT2D eigenvalue weighted by atomic mass is 10.2. The van der Waals surface area contributed by atoms with Crippen molar-refractivity contribution in [2.45, 2.75) is 26.7 Å². The smallest absolute Gasteiger partial charge is 0.268 e. The molecule has 25 heavy (non-hydrogen) atoms. The van der Waals surface area contributed by atoms with Gasteiger partial charge in [-0.3, -0.25) is 9.59 Å². The van der Waals surface area contributed by atoms with Crippen molar-refractivity contribution in [2.75, 3.05) is 16.8 Å². The Morgan fingerprint density at radius 1 is 1.24 bits per heavy atom. The van der Waals surface area contributed by atoms with Gasteiger partial charge in [-0.2, -0.15) is 0 Å². The number of thiophene rings is 1. The SMILES string of the molecule is CCN(C(=O)c1sc(NC(=O)C2CC2)cc1C)c1ccc(F)c(F)c1. The first-order chi connectivity index (χ1) is 11.9. The molecule has 0 bridgehead atoms. The second-order valence-corrected chi connectivity index (χ2v) is 7.09. The fourth-order valence-corrected chi connectivity index (χ4v) is 3.57. The van der Waals surface area contributed by atoms with E-state index in [2.05, 4.69) is 5.32 Å². The number of nitrogens with one attached hydrogen (secondary N) is 1. The van der Waals surface area contributed by atoms with Gasteiger partial charge < -0.3 is 10.2 Å². The normalized spacial score (nSPS) is 13.6. The molecule has 1 aliphatic rings. The fourth-order valence-electron chi connectivity index (χ4n) is 2.54. The number of aryl methyl sites for hydroxylation is 1. The van der Waals surface area contributed by atoms with Crippen molar-refractivity contribution in [2.24, 2.45) is 5.92 Å². The van der Waals surface area contributed by atoms with Gasteiger partial charge in [-0.1, -0.05) is 0 Å². The van der Waals surface area contributed by atoms with E-state index in [-0.39, 0.29) is 17.7 Å². The van der Waals surface area contributed by atoms with Crippen molar-refractivity contribution in [3.63, 3.8) is 0 Å². The summed E-state index contributed by atoms with van der Waals surface area (Å²) in [5.41, 5.74) is 1.03. The van der Waals surface area contributed by atoms with Gasteiger partial charge in [0.25, 0.3) is 5.91 Å². The third-order valence-corrected chi connectivity index (χ3v) is 5.22. The summed E-state index contributed by atoms with van der Waals surface area (Å²) in [6.45, 7) is 3.86. The Labute approximate surface area is 148 Å². The minimum Gasteiger partial charge on any atom is -0.317 e. The van der Waals surface area contributed by atoms with E-state index in [1.54, 1.807) is 19.9 Å². The number of carbonyl (C=O) groups is 2. The van der Waals surface area contributed by atoms with Crippen LogP contribution in [0.4, 0.5) is 19.5 Å². The molecule has 2 amide bonds. The third-order valence-electron chi connectivity index (χ3n) is 4.08. The quantitative estimate of drug-likeness (QED) is 0.857. The Morgan fingerprint density at radius 2 is 1.96 bits per heavy atom. The molecule has 1 aliphatic carbocycles. The maximum absolute atomic E-state index is 13.5. The molecule has 1 aromatic heterocycles. The molecule has 0 radical (unpaired) electrons. The van der Waals surface area contributed by atoms with E-state index in [9.17, 15) is 18.4 Å². The molecule has 7 heteroatoms. The van der Waals surface area contributed by atoms with Crippen molar-refractivity contribution in [3.05, 3.63) is 46.3 Å². The van der Waals surface area contributed by atoms with Crippen LogP contribution in [0.25, 0.3) is 0 Å². The standard InChI is InChI=1S/C18H18F2N2O2S/c1-3-22(12-6-7-13(19)14(20)9-12)18(24)16-10(2)8-15(25-16)21-17(23)11-4-5-11/h6-9,11H,3-5H2,1-2H3,(H,21,23). The molecule has 0 atom stereocenters. The van der Waals surface area contributed by atoms with Crippen LogP contribution < -0.4 is 10.2 Å². The number of amides is 2. The molecule has 132 valence electrons. The number of benzene rings is 1. The zero-order valence-corrected chi connectivity index (χ0v) is 14.8. The Kier molecular flexibility index (Phi) is 4.85. The van der Waals surface area contributed by atoms with Gasteiger partial charge in [0.05, 0.1) is 9.88 Å². The number of hydrogen-bond donors (Lipinski definition) is 1. The molecular weight excluding hydrogens is 346 g/mol. The summed E-state index contributed by atoms with van der Waals surface area (Å²) in [5.74, 6) is -2.19. The molecule has 3 rings (SSSR count). The molecule has 1 aromatic carbocycles. The zero-order valence-electron chi connectivity index (χ0n) is 13.9. The highest BCUT2D eigenvalue weighted by Gasteiger charge is 2.30. The second kappa shape index (κ2) is 6.92. The van der Waals surface area contributed by atoms with Crippen molar-refractivity contribution in [1.82, 2.24) is 0 Å². The Balaban J connectivity index is 1.83. The van der Waals surface area contributed by atoms with Crippen LogP contribution in [0.2, 0.25) is 0 Å². The average Bonchev–Trinajstić information content (AvgIpc) is 3.35. The summed E-state index contributed by atoms with van der Waals surface area (Å²) < 4.78 is 26.6. The van der Waals surface area contributed by atoms with Crippen LogP contribution in [0, 0.1) is 24.5 Å². The van der Waals surface area contributed by atoms with Gasteiger partial charge in [-0.15, -0.1) is 11.3 Å². The van der Waals surface area contributed by atoms with E-state index in [1.807, 2.05) is 0 Å². The summed E-state index contributed by atoms with van der Waals surface area (Å²) in [7, 11) is 0. The van der Waals surface area contributed by atoms with Crippen LogP contribution in [-0.2, 0) is 4.79 Å². The van der Waals surface area contributed by atoms with E-state index in [4.69, 9.17) is 0 Å². The summed E-state index contributed by atoms with van der Waals surface area (Å²) in [5, 5.41) is 3.46. The molecule has 1 N–H and O–H groups in total. The van der Waals surface area contributed by atoms with Gasteiger partial charge in [0, 0.05) is 24.2 Å². The highest BCUT2D eigenvalue weighted by Crippen LogP contribution is 2.33. The Bertz CT molecular complexity index is 830. The molecule has 1 fully saturated rings. The topological polar surface area (TPSA) is 49.4 Å². The van der Waals surface area contributed by atoms with Gasteiger partial charge in [0.1, 0.15) is 0 Å². The number of rotatable bonds is 5. The van der Waals surface area contributed by atoms with E-state index in [0.717, 1.165) is 30.5 Å². The predicted octanol–water partition coefficient (Wildman–Crippen LogP) is 4.35. The minimum absolute atomic E-state index is 0.0202. The number of carbonyl (C=O) groups excluding carboxylic acids is 2. The van der Waals surface area contributed by atoms with E-state index in [1.165, 1.54) is 22.3 Å². The van der Waals surface area contributed by atoms with Crippen LogP contribution in [0.5, 0.6) is 0 Å². The summed E-state index contributed by atoms with van der Waals surface area (Å²) in [6.07, 6.45) is 1.81. The van der Waals surface area contributed by atoms with E-state index >= 15 is 0 Å². The molecule has 0 spiro atoms. The summed E-state index contributed by atoms with van der Waals surface area (Å²) in [6, 6.07) is 5.15. The summed E-state index contributed by atoms with van der Waals surface area (Å²) >= 11 is 1.20. The predicted molar refractivity (Wildman–Crippen MR) is 94.1 cm³/mol. The number of anilines is 2. The van der Waals surface area contributed by atoms with Gasteiger partial charge in [-0.25, -0.2) is 8.78 Å². The van der Waals surface area contributed by atoms with Crippen molar-refractivity contribution < 1.29 is 18.4 Å². The first-order valence-electron chi connectivity index (χ1n) is 8.09. The molecule has 0 unspecified atom stereocenters. The number of hydrogen-bond acceptors (Lipinski definition) is 3. The van der Waals surface area contributed by atoms with Crippen molar-refractivity contribution in [3.8, 4) is 0 Å². The van der Waals surface area contributed by atoms with E-state index in [0.29, 0.717) is 22.1 Å². The number of nitrogens with zero attached hydrogens (tertiary/aromatic N) is 1. The average molecular weight is 364 g/mol. The highest BCUT2D eigenvalue weighted by molar-refractivity contribution is 7.18. The van der Waals surface area contributed by atoms with Crippen LogP contribution in [0.1, 0.15) is 35.0 Å². The van der Waals surface area contributed by atoms with Crippen molar-refractivity contribution >= 4 is 33.8 Å². The Morgan fingerprint density at radius 3 is 2.56 bits per heavy atom. The van der Waals surface area contributed by atoms with Crippen LogP contribution >= 0.6 is 11.3 Å². The zero-order chi connectivity index (χ0) is 18.1. The third kappa shape index (κ3) is 3.71. The molecule has 1 saturated carbocycles. The highest BCUT2D eigenvalue weighted by atomic mass is 32.1. The van der Waals surface area contributed by atoms with Gasteiger partial charge in [-0.05, 0) is 50.5 Å². The lowest BCUT2D eigenvalue weighted by Gasteiger charge is -2.21. The monoisotopic (exact) mass is 364 g/mol. The lowest BCUT2D eigenvalue weighted by molar-refractivity contribution is -0.117. The van der Waals surface area contributed by atoms with Crippen LogP contribution in [0.15, 0.2) is 24.3 Å². The largest absolute Gasteiger partial charge is 0.317 e. The van der Waals surface area contributed by atoms with E-state index < -0.39 is 11.6 Å². The first kappa shape index (κ1) is 17.5. The van der Waals surface area contributed by atoms with Gasteiger partial charge in [0.15, 0.2) is 11.6 Å². The minimum atomic E-state index is -0.996. The van der Waals surface area contributed by atoms with Crippen LogP contribution in [0.3, 0.4) is 0 Å². The van der Waals surface area contributed by atoms with Gasteiger partial charge >= 0.3 is 0 Å². The molecular formula is C18H18F2N2O2S. The fraction of sp³-hybridized carbons (Fsp3) is 0.333. The molecule has 0 saturated heterocycles. The maximum Gasteiger partial charge on any atom is 0.268 e. The molecule has 0 aliphatic heterocycles. The Hall–Kier alpha value is -2.28. The second-order valence-electron chi connectivity index (χ2n) is 6.03. The van der Waals surface area contributed by atoms with Gasteiger partial charge in [0.2, 0.25) is 5.91 Å². The first-order valence-corrected chi connectivity index (χ1v) is 8.90. The molecule has 2 aromatic rings. The lowest BCUT2D eigenvalue weighted by Crippen LogP contribution is -2.30. The molecule has 1 heterocycles. The maximum atomic E-state index is 13.5. The molecule has 4 nitrogen and oxygen atoms in total. The number of halogens is 2. The summed E-state index contributed by atoms with van der Waals surface area (Å²) in [4.78, 5) is 26.6. The van der Waals surface area contributed by atoms with Crippen LogP contribution in [-0.4, -0.2) is 18.4 Å².